The number of carbonyl (C=O) groups excluding carboxylic acids is 1. The molecule has 1 amide bonds. The van der Waals surface area contributed by atoms with Gasteiger partial charge in [0.25, 0.3) is 0 Å². The zero-order valence-corrected chi connectivity index (χ0v) is 15.2. The Morgan fingerprint density at radius 3 is 2.62 bits per heavy atom. The van der Waals surface area contributed by atoms with Crippen molar-refractivity contribution in [2.45, 2.75) is 49.5 Å². The van der Waals surface area contributed by atoms with E-state index in [0.717, 1.165) is 41.9 Å². The normalized spacial score (nSPS) is 16.4. The number of rotatable bonds is 2. The van der Waals surface area contributed by atoms with Crippen LogP contribution >= 0.6 is 11.8 Å². The van der Waals surface area contributed by atoms with E-state index in [9.17, 15) is 4.79 Å². The van der Waals surface area contributed by atoms with Crippen LogP contribution in [0.15, 0.2) is 35.6 Å². The van der Waals surface area contributed by atoms with Crippen molar-refractivity contribution in [1.82, 2.24) is 14.9 Å². The molecule has 0 N–H and O–H groups in total. The molecule has 1 aromatic carbocycles. The number of hydrogen-bond donors (Lipinski definition) is 0. The topological polar surface area (TPSA) is 55.3 Å². The summed E-state index contributed by atoms with van der Waals surface area (Å²) in [4.78, 5) is 22.7. The molecule has 0 saturated carbocycles. The number of para-hydroxylation sites is 1. The molecule has 1 aliphatic rings. The molecule has 0 bridgehead atoms. The smallest absolute Gasteiger partial charge is 0.410 e. The van der Waals surface area contributed by atoms with Crippen molar-refractivity contribution in [3.63, 3.8) is 0 Å². The maximum absolute atomic E-state index is 12.1. The van der Waals surface area contributed by atoms with Gasteiger partial charge in [-0.05, 0) is 39.7 Å². The number of nitrogens with zero attached hydrogens (tertiary/aromatic N) is 3. The van der Waals surface area contributed by atoms with Gasteiger partial charge in [0.15, 0.2) is 0 Å². The lowest BCUT2D eigenvalue weighted by molar-refractivity contribution is 0.0219. The highest BCUT2D eigenvalue weighted by molar-refractivity contribution is 8.00. The van der Waals surface area contributed by atoms with Crippen LogP contribution in [0.3, 0.4) is 0 Å². The van der Waals surface area contributed by atoms with Crippen molar-refractivity contribution < 1.29 is 9.53 Å². The first-order valence-corrected chi connectivity index (χ1v) is 9.15. The third-order valence-electron chi connectivity index (χ3n) is 3.88. The highest BCUT2D eigenvalue weighted by Gasteiger charge is 2.27. The predicted octanol–water partition coefficient (Wildman–Crippen LogP) is 4.12. The summed E-state index contributed by atoms with van der Waals surface area (Å²) in [5.74, 6) is 0. The lowest BCUT2D eigenvalue weighted by atomic mass is 10.1. The zero-order valence-electron chi connectivity index (χ0n) is 14.4. The predicted molar refractivity (Wildman–Crippen MR) is 96.2 cm³/mol. The van der Waals surface area contributed by atoms with Gasteiger partial charge in [-0.3, -0.25) is 0 Å². The monoisotopic (exact) mass is 345 g/mol. The Morgan fingerprint density at radius 1 is 1.21 bits per heavy atom. The first-order chi connectivity index (χ1) is 11.4. The molecule has 2 aromatic rings. The van der Waals surface area contributed by atoms with Crippen molar-refractivity contribution in [2.75, 3.05) is 13.1 Å². The number of piperidine rings is 1. The summed E-state index contributed by atoms with van der Waals surface area (Å²) in [5, 5.41) is 2.58. The van der Waals surface area contributed by atoms with Gasteiger partial charge in [0.2, 0.25) is 0 Å². The standard InChI is InChI=1S/C18H23N3O2S/c1-18(2,3)23-17(22)21-10-8-13(9-11-21)24-16-14-6-4-5-7-15(14)19-12-20-16/h4-7,12-13H,8-11H2,1-3H3. The third-order valence-corrected chi connectivity index (χ3v) is 5.23. The first-order valence-electron chi connectivity index (χ1n) is 8.27. The average Bonchev–Trinajstić information content (AvgIpc) is 2.54. The van der Waals surface area contributed by atoms with Crippen LogP contribution in [-0.4, -0.2) is 44.9 Å². The van der Waals surface area contributed by atoms with Gasteiger partial charge in [0.1, 0.15) is 17.0 Å². The van der Waals surface area contributed by atoms with Crippen LogP contribution in [0, 0.1) is 0 Å². The molecule has 0 spiro atoms. The Hall–Kier alpha value is -1.82. The van der Waals surface area contributed by atoms with Crippen molar-refractivity contribution in [2.24, 2.45) is 0 Å². The van der Waals surface area contributed by atoms with E-state index in [0.29, 0.717) is 5.25 Å². The lowest BCUT2D eigenvalue weighted by Gasteiger charge is -2.33. The van der Waals surface area contributed by atoms with Crippen LogP contribution in [0.2, 0.25) is 0 Å². The number of likely N-dealkylation sites (tertiary alicyclic amines) is 1. The fourth-order valence-electron chi connectivity index (χ4n) is 2.71. The van der Waals surface area contributed by atoms with E-state index >= 15 is 0 Å². The molecule has 24 heavy (non-hydrogen) atoms. The second kappa shape index (κ2) is 6.97. The number of thioether (sulfide) groups is 1. The van der Waals surface area contributed by atoms with Crippen molar-refractivity contribution in [1.29, 1.82) is 0 Å². The van der Waals surface area contributed by atoms with Crippen LogP contribution in [-0.2, 0) is 4.74 Å². The largest absolute Gasteiger partial charge is 0.444 e. The number of carbonyl (C=O) groups is 1. The van der Waals surface area contributed by atoms with Crippen LogP contribution in [0.4, 0.5) is 4.79 Å². The van der Waals surface area contributed by atoms with E-state index in [1.807, 2.05) is 39.0 Å². The SMILES string of the molecule is CC(C)(C)OC(=O)N1CCC(Sc2ncnc3ccccc23)CC1. The van der Waals surface area contributed by atoms with Gasteiger partial charge in [-0.15, -0.1) is 11.8 Å². The van der Waals surface area contributed by atoms with Crippen molar-refractivity contribution >= 4 is 28.8 Å². The summed E-state index contributed by atoms with van der Waals surface area (Å²) >= 11 is 1.79. The van der Waals surface area contributed by atoms with E-state index in [2.05, 4.69) is 16.0 Å². The number of fused-ring (bicyclic) bond motifs is 1. The molecular formula is C18H23N3O2S. The Bertz CT molecular complexity index is 716. The molecule has 2 heterocycles. The molecule has 0 unspecified atom stereocenters. The van der Waals surface area contributed by atoms with Gasteiger partial charge in [0, 0.05) is 23.7 Å². The van der Waals surface area contributed by atoms with Gasteiger partial charge < -0.3 is 9.64 Å². The molecule has 5 nitrogen and oxygen atoms in total. The quantitative estimate of drug-likeness (QED) is 0.766. The number of benzene rings is 1. The first kappa shape index (κ1) is 17.0. The summed E-state index contributed by atoms with van der Waals surface area (Å²) in [6.45, 7) is 7.15. The van der Waals surface area contributed by atoms with E-state index in [1.54, 1.807) is 23.0 Å². The number of aromatic nitrogens is 2. The van der Waals surface area contributed by atoms with Crippen molar-refractivity contribution in [3.05, 3.63) is 30.6 Å². The molecule has 0 aliphatic carbocycles. The maximum Gasteiger partial charge on any atom is 0.410 e. The van der Waals surface area contributed by atoms with E-state index < -0.39 is 5.60 Å². The summed E-state index contributed by atoms with van der Waals surface area (Å²) < 4.78 is 5.45. The average molecular weight is 345 g/mol. The molecule has 1 aliphatic heterocycles. The summed E-state index contributed by atoms with van der Waals surface area (Å²) in [5.41, 5.74) is 0.531. The molecule has 3 rings (SSSR count). The molecule has 1 aromatic heterocycles. The summed E-state index contributed by atoms with van der Waals surface area (Å²) in [6.07, 6.45) is 3.31. The maximum atomic E-state index is 12.1. The summed E-state index contributed by atoms with van der Waals surface area (Å²) in [6, 6.07) is 8.07. The number of amides is 1. The molecule has 0 radical (unpaired) electrons. The van der Waals surface area contributed by atoms with Crippen LogP contribution < -0.4 is 0 Å². The van der Waals surface area contributed by atoms with Crippen molar-refractivity contribution in [3.8, 4) is 0 Å². The number of hydrogen-bond acceptors (Lipinski definition) is 5. The van der Waals surface area contributed by atoms with Gasteiger partial charge in [0.05, 0.1) is 5.52 Å². The fraction of sp³-hybridized carbons (Fsp3) is 0.500. The minimum Gasteiger partial charge on any atom is -0.444 e. The number of ether oxygens (including phenoxy) is 1. The van der Waals surface area contributed by atoms with Gasteiger partial charge >= 0.3 is 6.09 Å². The Balaban J connectivity index is 1.60. The molecule has 6 heteroatoms. The second-order valence-electron chi connectivity index (χ2n) is 6.98. The highest BCUT2D eigenvalue weighted by Crippen LogP contribution is 2.33. The van der Waals surface area contributed by atoms with E-state index in [4.69, 9.17) is 4.74 Å². The highest BCUT2D eigenvalue weighted by atomic mass is 32.2. The lowest BCUT2D eigenvalue weighted by Crippen LogP contribution is -2.42. The van der Waals surface area contributed by atoms with Crippen LogP contribution in [0.25, 0.3) is 10.9 Å². The van der Waals surface area contributed by atoms with Crippen LogP contribution in [0.5, 0.6) is 0 Å². The van der Waals surface area contributed by atoms with Gasteiger partial charge in [-0.25, -0.2) is 14.8 Å². The second-order valence-corrected chi connectivity index (χ2v) is 8.27. The van der Waals surface area contributed by atoms with Crippen LogP contribution in [0.1, 0.15) is 33.6 Å². The fourth-order valence-corrected chi connectivity index (χ4v) is 3.88. The Labute approximate surface area is 146 Å². The molecule has 1 saturated heterocycles. The Morgan fingerprint density at radius 2 is 1.92 bits per heavy atom. The third kappa shape index (κ3) is 4.17. The van der Waals surface area contributed by atoms with Gasteiger partial charge in [-0.2, -0.15) is 0 Å². The van der Waals surface area contributed by atoms with E-state index in [1.165, 1.54) is 0 Å². The summed E-state index contributed by atoms with van der Waals surface area (Å²) in [7, 11) is 0. The molecule has 0 atom stereocenters. The minimum absolute atomic E-state index is 0.210. The Kier molecular flexibility index (Phi) is 4.94. The molecular weight excluding hydrogens is 322 g/mol. The minimum atomic E-state index is -0.442. The molecule has 1 fully saturated rings. The zero-order chi connectivity index (χ0) is 17.2. The van der Waals surface area contributed by atoms with Gasteiger partial charge in [-0.1, -0.05) is 18.2 Å². The molecule has 128 valence electrons. The van der Waals surface area contributed by atoms with E-state index in [-0.39, 0.29) is 6.09 Å².